The van der Waals surface area contributed by atoms with Crippen molar-refractivity contribution in [3.05, 3.63) is 78.5 Å². The van der Waals surface area contributed by atoms with Crippen LogP contribution in [-0.2, 0) is 0 Å². The molecule has 3 rings (SSSR count). The maximum Gasteiger partial charge on any atom is 0.162 e. The van der Waals surface area contributed by atoms with Gasteiger partial charge in [-0.25, -0.2) is 18.6 Å². The molecule has 0 fully saturated rings. The molecule has 6 nitrogen and oxygen atoms in total. The molecule has 22 heavy (non-hydrogen) atoms. The van der Waals surface area contributed by atoms with Crippen LogP contribution in [0, 0.1) is 10.2 Å². The SMILES string of the molecule is C1=C[NH+](c2ccccc2)N=C1c1ccccc1.[O-][Cl+3]([O-])([O-])[O-]. The minimum Gasteiger partial charge on any atom is -0.222 e. The molecule has 0 spiro atoms. The molecule has 0 saturated carbocycles. The third-order valence-electron chi connectivity index (χ3n) is 2.78. The van der Waals surface area contributed by atoms with Crippen LogP contribution >= 0.6 is 0 Å². The van der Waals surface area contributed by atoms with Gasteiger partial charge in [0.15, 0.2) is 5.69 Å². The van der Waals surface area contributed by atoms with E-state index in [1.165, 1.54) is 0 Å². The Labute approximate surface area is 129 Å². The number of benzene rings is 2. The molecule has 1 heterocycles. The fourth-order valence-electron chi connectivity index (χ4n) is 1.90. The van der Waals surface area contributed by atoms with Crippen LogP contribution in [0.2, 0.25) is 0 Å². The fourth-order valence-corrected chi connectivity index (χ4v) is 1.90. The summed E-state index contributed by atoms with van der Waals surface area (Å²) in [7, 11) is -4.94. The maximum atomic E-state index is 8.49. The summed E-state index contributed by atoms with van der Waals surface area (Å²) in [5.74, 6) is 0. The van der Waals surface area contributed by atoms with Crippen LogP contribution in [0.25, 0.3) is 0 Å². The van der Waals surface area contributed by atoms with Gasteiger partial charge in [0.25, 0.3) is 0 Å². The van der Waals surface area contributed by atoms with Crippen LogP contribution < -0.4 is 23.6 Å². The molecule has 0 saturated heterocycles. The second-order valence-electron chi connectivity index (χ2n) is 4.33. The monoisotopic (exact) mass is 320 g/mol. The van der Waals surface area contributed by atoms with Crippen molar-refractivity contribution in [1.29, 1.82) is 0 Å². The van der Waals surface area contributed by atoms with Crippen LogP contribution in [0.4, 0.5) is 5.69 Å². The summed E-state index contributed by atoms with van der Waals surface area (Å²) in [4.78, 5) is 0. The lowest BCUT2D eigenvalue weighted by molar-refractivity contribution is -2.00. The Balaban J connectivity index is 0.000000309. The standard InChI is InChI=1S/C15H12N2.ClHO4/c1-3-7-13(8-4-1)15-11-12-17(16-15)14-9-5-2-6-10-14;2-1(3,4)5/h1-12H;(H,2,3,4,5). The zero-order valence-corrected chi connectivity index (χ0v) is 12.1. The van der Waals surface area contributed by atoms with Crippen LogP contribution in [0.1, 0.15) is 5.56 Å². The first kappa shape index (κ1) is 16.3. The zero-order valence-electron chi connectivity index (χ0n) is 11.4. The third kappa shape index (κ3) is 5.38. The first-order valence-corrected chi connectivity index (χ1v) is 7.53. The Morgan fingerprint density at radius 2 is 1.27 bits per heavy atom. The highest BCUT2D eigenvalue weighted by Gasteiger charge is 2.16. The predicted octanol–water partition coefficient (Wildman–Crippen LogP) is -2.62. The molecule has 1 aliphatic rings. The van der Waals surface area contributed by atoms with Crippen molar-refractivity contribution < 1.29 is 33.9 Å². The summed E-state index contributed by atoms with van der Waals surface area (Å²) in [6.45, 7) is 0. The molecule has 0 bridgehead atoms. The van der Waals surface area contributed by atoms with Crippen LogP contribution in [0.3, 0.4) is 0 Å². The number of allylic oxidation sites excluding steroid dienone is 1. The average molecular weight is 321 g/mol. The lowest BCUT2D eigenvalue weighted by atomic mass is 10.1. The van der Waals surface area contributed by atoms with Crippen LogP contribution in [-0.4, -0.2) is 5.71 Å². The summed E-state index contributed by atoms with van der Waals surface area (Å²) in [5, 5.41) is 5.68. The molecule has 1 N–H and O–H groups in total. The first-order valence-electron chi connectivity index (χ1n) is 6.30. The van der Waals surface area contributed by atoms with Crippen molar-refractivity contribution in [1.82, 2.24) is 0 Å². The molecule has 2 aromatic rings. The van der Waals surface area contributed by atoms with E-state index in [9.17, 15) is 0 Å². The van der Waals surface area contributed by atoms with Crippen molar-refractivity contribution in [2.24, 2.45) is 5.10 Å². The molecule has 0 amide bonds. The second-order valence-corrected chi connectivity index (χ2v) is 5.08. The number of hydrogen-bond acceptors (Lipinski definition) is 5. The van der Waals surface area contributed by atoms with E-state index >= 15 is 0 Å². The number of halogens is 1. The van der Waals surface area contributed by atoms with Crippen molar-refractivity contribution >= 4 is 11.4 Å². The summed E-state index contributed by atoms with van der Waals surface area (Å²) in [5.41, 5.74) is 3.36. The highest BCUT2D eigenvalue weighted by Crippen LogP contribution is 2.06. The molecule has 2 aromatic carbocycles. The van der Waals surface area contributed by atoms with Gasteiger partial charge in [-0.05, 0) is 0 Å². The van der Waals surface area contributed by atoms with Gasteiger partial charge < -0.3 is 0 Å². The van der Waals surface area contributed by atoms with Crippen molar-refractivity contribution in [2.75, 3.05) is 0 Å². The zero-order chi connectivity index (χ0) is 16.0. The highest BCUT2D eigenvalue weighted by atomic mass is 35.7. The molecular weight excluding hydrogens is 308 g/mol. The Kier molecular flexibility index (Phi) is 5.40. The number of para-hydroxylation sites is 1. The maximum absolute atomic E-state index is 8.49. The van der Waals surface area contributed by atoms with Crippen LogP contribution in [0.15, 0.2) is 78.0 Å². The minimum absolute atomic E-state index is 1.03. The number of quaternary nitrogens is 1. The van der Waals surface area contributed by atoms with E-state index in [1.54, 1.807) is 0 Å². The molecule has 0 radical (unpaired) electrons. The number of nitrogens with one attached hydrogen (secondary N) is 1. The Morgan fingerprint density at radius 3 is 1.82 bits per heavy atom. The topological polar surface area (TPSA) is 109 Å². The third-order valence-corrected chi connectivity index (χ3v) is 2.78. The summed E-state index contributed by atoms with van der Waals surface area (Å²) in [6.07, 6.45) is 4.13. The number of hydrogen-bond donors (Lipinski definition) is 1. The molecular formula is C15H13ClN2O4. The van der Waals surface area contributed by atoms with E-state index in [1.807, 2.05) is 36.4 Å². The van der Waals surface area contributed by atoms with Gasteiger partial charge in [0, 0.05) is 23.8 Å². The van der Waals surface area contributed by atoms with Gasteiger partial charge in [-0.15, -0.1) is 10.2 Å². The number of nitrogens with zero attached hydrogens (tertiary/aromatic N) is 1. The summed E-state index contributed by atoms with van der Waals surface area (Å²) < 4.78 is 34.0. The molecule has 114 valence electrons. The molecule has 7 heteroatoms. The van der Waals surface area contributed by atoms with E-state index in [4.69, 9.17) is 18.6 Å². The first-order chi connectivity index (χ1) is 10.4. The second kappa shape index (κ2) is 7.28. The normalized spacial score (nSPS) is 16.7. The lowest BCUT2D eigenvalue weighted by Gasteiger charge is -2.17. The lowest BCUT2D eigenvalue weighted by Crippen LogP contribution is -2.96. The molecule has 1 aliphatic heterocycles. The fraction of sp³-hybridized carbons (Fsp3) is 0. The number of rotatable bonds is 2. The Hall–Kier alpha value is -2.06. The van der Waals surface area contributed by atoms with E-state index in [-0.39, 0.29) is 0 Å². The molecule has 1 unspecified atom stereocenters. The van der Waals surface area contributed by atoms with Gasteiger partial charge in [0.1, 0.15) is 11.9 Å². The van der Waals surface area contributed by atoms with E-state index in [0.717, 1.165) is 22.0 Å². The van der Waals surface area contributed by atoms with E-state index in [2.05, 4.69) is 41.6 Å². The summed E-state index contributed by atoms with van der Waals surface area (Å²) in [6, 6.07) is 20.5. The summed E-state index contributed by atoms with van der Waals surface area (Å²) >= 11 is 0. The van der Waals surface area contributed by atoms with E-state index < -0.39 is 10.2 Å². The van der Waals surface area contributed by atoms with Gasteiger partial charge >= 0.3 is 0 Å². The molecule has 1 atom stereocenters. The van der Waals surface area contributed by atoms with Crippen molar-refractivity contribution in [3.63, 3.8) is 0 Å². The van der Waals surface area contributed by atoms with Crippen LogP contribution in [0.5, 0.6) is 0 Å². The van der Waals surface area contributed by atoms with Crippen molar-refractivity contribution in [3.8, 4) is 0 Å². The van der Waals surface area contributed by atoms with Crippen molar-refractivity contribution in [2.45, 2.75) is 0 Å². The smallest absolute Gasteiger partial charge is 0.162 e. The highest BCUT2D eigenvalue weighted by molar-refractivity contribution is 6.08. The van der Waals surface area contributed by atoms with Gasteiger partial charge in [0.2, 0.25) is 0 Å². The minimum atomic E-state index is -4.94. The average Bonchev–Trinajstić information content (AvgIpc) is 2.97. The quantitative estimate of drug-likeness (QED) is 0.653. The van der Waals surface area contributed by atoms with Gasteiger partial charge in [-0.2, -0.15) is 5.01 Å². The molecule has 0 aromatic heterocycles. The largest absolute Gasteiger partial charge is 0.222 e. The van der Waals surface area contributed by atoms with Gasteiger partial charge in [0.05, 0.1) is 0 Å². The Bertz CT molecular complexity index is 648. The van der Waals surface area contributed by atoms with E-state index in [0.29, 0.717) is 0 Å². The predicted molar refractivity (Wildman–Crippen MR) is 69.2 cm³/mol. The molecule has 0 aliphatic carbocycles. The Morgan fingerprint density at radius 1 is 0.773 bits per heavy atom. The van der Waals surface area contributed by atoms with Gasteiger partial charge in [-0.1, -0.05) is 53.6 Å². The van der Waals surface area contributed by atoms with Gasteiger partial charge in [-0.3, -0.25) is 0 Å².